The fraction of sp³-hybridized carbons (Fsp3) is 0.875. The van der Waals surface area contributed by atoms with Gasteiger partial charge in [0.1, 0.15) is 0 Å². The molecule has 0 atom stereocenters. The first-order valence-corrected chi connectivity index (χ1v) is 7.72. The smallest absolute Gasteiger partial charge is 0.00190 e. The van der Waals surface area contributed by atoms with Crippen LogP contribution in [0.25, 0.3) is 0 Å². The average molecular weight is 239 g/mol. The Kier molecular flexibility index (Phi) is 13.5. The van der Waals surface area contributed by atoms with Gasteiger partial charge in [0, 0.05) is 0 Å². The Balaban J connectivity index is 3.10. The van der Waals surface area contributed by atoms with Crippen molar-refractivity contribution in [2.24, 2.45) is 0 Å². The molecule has 17 heavy (non-hydrogen) atoms. The zero-order chi connectivity index (χ0) is 12.8. The first-order chi connectivity index (χ1) is 8.35. The van der Waals surface area contributed by atoms with Crippen LogP contribution >= 0.6 is 0 Å². The number of nitrogens with zero attached hydrogens (tertiary/aromatic N) is 1. The first-order valence-electron chi connectivity index (χ1n) is 7.72. The van der Waals surface area contributed by atoms with Crippen LogP contribution in [0.1, 0.15) is 72.1 Å². The quantitative estimate of drug-likeness (QED) is 0.341. The second-order valence-electron chi connectivity index (χ2n) is 4.82. The van der Waals surface area contributed by atoms with Crippen LogP contribution in [0.5, 0.6) is 0 Å². The Morgan fingerprint density at radius 2 is 1.29 bits per heavy atom. The molecule has 0 spiro atoms. The first kappa shape index (κ1) is 16.7. The largest absolute Gasteiger partial charge is 0.304 e. The topological polar surface area (TPSA) is 3.24 Å². The molecule has 0 bridgehead atoms. The summed E-state index contributed by atoms with van der Waals surface area (Å²) < 4.78 is 0. The van der Waals surface area contributed by atoms with Gasteiger partial charge in [-0.25, -0.2) is 0 Å². The molecule has 0 aromatic carbocycles. The Morgan fingerprint density at radius 1 is 0.706 bits per heavy atom. The summed E-state index contributed by atoms with van der Waals surface area (Å²) in [5.74, 6) is 0. The normalized spacial score (nSPS) is 11.8. The number of unbranched alkanes of at least 4 members (excludes halogenated alkanes) is 6. The van der Waals surface area contributed by atoms with Gasteiger partial charge in [-0.05, 0) is 45.3 Å². The molecule has 0 rings (SSSR count). The molecule has 0 aromatic heterocycles. The minimum atomic E-state index is 1.19. The molecule has 0 saturated heterocycles. The van der Waals surface area contributed by atoms with E-state index >= 15 is 0 Å². The lowest BCUT2D eigenvalue weighted by Gasteiger charge is -2.17. The summed E-state index contributed by atoms with van der Waals surface area (Å²) in [5, 5.41) is 0. The van der Waals surface area contributed by atoms with Gasteiger partial charge in [0.15, 0.2) is 0 Å². The highest BCUT2D eigenvalue weighted by atomic mass is 15.1. The molecule has 0 radical (unpaired) electrons. The molecule has 0 N–H and O–H groups in total. The van der Waals surface area contributed by atoms with Crippen LogP contribution in [0.2, 0.25) is 0 Å². The van der Waals surface area contributed by atoms with E-state index < -0.39 is 0 Å². The lowest BCUT2D eigenvalue weighted by atomic mass is 10.1. The Bertz CT molecular complexity index is 159. The number of hydrogen-bond acceptors (Lipinski definition) is 1. The van der Waals surface area contributed by atoms with Crippen LogP contribution in [-0.2, 0) is 0 Å². The van der Waals surface area contributed by atoms with Crippen molar-refractivity contribution in [2.75, 3.05) is 19.6 Å². The van der Waals surface area contributed by atoms with Gasteiger partial charge < -0.3 is 4.90 Å². The van der Waals surface area contributed by atoms with E-state index in [4.69, 9.17) is 0 Å². The van der Waals surface area contributed by atoms with Gasteiger partial charge in [-0.15, -0.1) is 0 Å². The molecule has 0 aliphatic heterocycles. The van der Waals surface area contributed by atoms with Crippen molar-refractivity contribution in [1.29, 1.82) is 0 Å². The van der Waals surface area contributed by atoms with Gasteiger partial charge >= 0.3 is 0 Å². The summed E-state index contributed by atoms with van der Waals surface area (Å²) in [5.41, 5.74) is 0. The predicted octanol–water partition coefficient (Wildman–Crippen LogP) is 5.03. The van der Waals surface area contributed by atoms with Crippen LogP contribution < -0.4 is 0 Å². The Morgan fingerprint density at radius 3 is 1.88 bits per heavy atom. The van der Waals surface area contributed by atoms with E-state index in [1.807, 2.05) is 0 Å². The van der Waals surface area contributed by atoms with E-state index in [2.05, 4.69) is 37.8 Å². The maximum Gasteiger partial charge on any atom is -0.00190 e. The standard InChI is InChI=1S/C16H33N/c1-4-7-8-9-10-11-12-13-14-15-16-17(5-2)6-3/h7-8H,4-6,9-16H2,1-3H3/b8-7+. The van der Waals surface area contributed by atoms with Crippen molar-refractivity contribution in [1.82, 2.24) is 4.90 Å². The van der Waals surface area contributed by atoms with Crippen LogP contribution in [0.4, 0.5) is 0 Å². The third kappa shape index (κ3) is 12.0. The minimum Gasteiger partial charge on any atom is -0.304 e. The molecule has 0 aromatic rings. The summed E-state index contributed by atoms with van der Waals surface area (Å²) in [7, 11) is 0. The van der Waals surface area contributed by atoms with Crippen molar-refractivity contribution in [2.45, 2.75) is 72.1 Å². The highest BCUT2D eigenvalue weighted by Gasteiger charge is 1.97. The monoisotopic (exact) mass is 239 g/mol. The third-order valence-corrected chi connectivity index (χ3v) is 3.39. The second kappa shape index (κ2) is 13.8. The summed E-state index contributed by atoms with van der Waals surface area (Å²) in [6.07, 6.45) is 15.5. The highest BCUT2D eigenvalue weighted by molar-refractivity contribution is 4.79. The SMILES string of the molecule is CC/C=C/CCCCCCCCN(CC)CC. The zero-order valence-corrected chi connectivity index (χ0v) is 12.4. The fourth-order valence-corrected chi connectivity index (χ4v) is 2.13. The molecule has 102 valence electrons. The van der Waals surface area contributed by atoms with Crippen LogP contribution in [0.15, 0.2) is 12.2 Å². The average Bonchev–Trinajstić information content (AvgIpc) is 2.36. The van der Waals surface area contributed by atoms with Gasteiger partial charge in [0.25, 0.3) is 0 Å². The Hall–Kier alpha value is -0.300. The summed E-state index contributed by atoms with van der Waals surface area (Å²) in [6, 6.07) is 0. The highest BCUT2D eigenvalue weighted by Crippen LogP contribution is 2.08. The number of rotatable bonds is 12. The molecular weight excluding hydrogens is 206 g/mol. The number of allylic oxidation sites excluding steroid dienone is 2. The van der Waals surface area contributed by atoms with Crippen LogP contribution in [0.3, 0.4) is 0 Å². The molecule has 1 nitrogen and oxygen atoms in total. The van der Waals surface area contributed by atoms with E-state index in [1.165, 1.54) is 71.0 Å². The molecule has 0 aliphatic carbocycles. The molecular formula is C16H33N. The van der Waals surface area contributed by atoms with Crippen molar-refractivity contribution >= 4 is 0 Å². The molecule has 0 amide bonds. The summed E-state index contributed by atoms with van der Waals surface area (Å²) >= 11 is 0. The van der Waals surface area contributed by atoms with Crippen molar-refractivity contribution in [3.05, 3.63) is 12.2 Å². The number of hydrogen-bond donors (Lipinski definition) is 0. The molecule has 0 unspecified atom stereocenters. The third-order valence-electron chi connectivity index (χ3n) is 3.39. The summed E-state index contributed by atoms with van der Waals surface area (Å²) in [6.45, 7) is 10.4. The Labute approximate surface area is 109 Å². The van der Waals surface area contributed by atoms with Crippen LogP contribution in [-0.4, -0.2) is 24.5 Å². The predicted molar refractivity (Wildman–Crippen MR) is 79.5 cm³/mol. The van der Waals surface area contributed by atoms with Crippen molar-refractivity contribution in [3.8, 4) is 0 Å². The summed E-state index contributed by atoms with van der Waals surface area (Å²) in [4.78, 5) is 2.52. The molecule has 0 aliphatic rings. The minimum absolute atomic E-state index is 1.19. The van der Waals surface area contributed by atoms with E-state index in [0.29, 0.717) is 0 Å². The van der Waals surface area contributed by atoms with Crippen LogP contribution in [0, 0.1) is 0 Å². The maximum absolute atomic E-state index is 2.52. The molecule has 0 heterocycles. The molecule has 1 heteroatoms. The van der Waals surface area contributed by atoms with Crippen molar-refractivity contribution in [3.63, 3.8) is 0 Å². The van der Waals surface area contributed by atoms with Gasteiger partial charge in [-0.2, -0.15) is 0 Å². The molecule has 0 fully saturated rings. The second-order valence-corrected chi connectivity index (χ2v) is 4.82. The van der Waals surface area contributed by atoms with Crippen molar-refractivity contribution < 1.29 is 0 Å². The lowest BCUT2D eigenvalue weighted by Crippen LogP contribution is -2.23. The van der Waals surface area contributed by atoms with E-state index in [0.717, 1.165) is 0 Å². The lowest BCUT2D eigenvalue weighted by molar-refractivity contribution is 0.295. The van der Waals surface area contributed by atoms with Gasteiger partial charge in [-0.1, -0.05) is 58.6 Å². The zero-order valence-electron chi connectivity index (χ0n) is 12.4. The van der Waals surface area contributed by atoms with Gasteiger partial charge in [0.05, 0.1) is 0 Å². The van der Waals surface area contributed by atoms with E-state index in [1.54, 1.807) is 0 Å². The van der Waals surface area contributed by atoms with E-state index in [9.17, 15) is 0 Å². The maximum atomic E-state index is 2.52. The molecule has 0 saturated carbocycles. The van der Waals surface area contributed by atoms with Gasteiger partial charge in [0.2, 0.25) is 0 Å². The fourth-order valence-electron chi connectivity index (χ4n) is 2.13. The van der Waals surface area contributed by atoms with Gasteiger partial charge in [-0.3, -0.25) is 0 Å². The van der Waals surface area contributed by atoms with E-state index in [-0.39, 0.29) is 0 Å².